The van der Waals surface area contributed by atoms with Gasteiger partial charge in [0, 0.05) is 34.1 Å². The number of aromatic nitrogens is 3. The Morgan fingerprint density at radius 2 is 1.93 bits per heavy atom. The molecule has 1 fully saturated rings. The van der Waals surface area contributed by atoms with Crippen molar-refractivity contribution in [2.45, 2.75) is 45.1 Å². The highest BCUT2D eigenvalue weighted by atomic mass is 32.3. The van der Waals surface area contributed by atoms with Crippen LogP contribution < -0.4 is 9.61 Å². The minimum absolute atomic E-state index is 0.0943. The maximum absolute atomic E-state index is 14.2. The molecule has 2 aromatic carbocycles. The fraction of sp³-hybridized carbons (Fsp3) is 0.323. The molecule has 1 aliphatic rings. The monoisotopic (exact) mass is 587 g/mol. The summed E-state index contributed by atoms with van der Waals surface area (Å²) in [4.78, 5) is 24.1. The van der Waals surface area contributed by atoms with E-state index in [4.69, 9.17) is 0 Å². The first-order chi connectivity index (χ1) is 20.2. The first-order valence-electron chi connectivity index (χ1n) is 14.0. The summed E-state index contributed by atoms with van der Waals surface area (Å²) in [6, 6.07) is 13.0. The molecule has 42 heavy (non-hydrogen) atoms. The van der Waals surface area contributed by atoms with Crippen LogP contribution in [-0.2, 0) is 16.9 Å². The van der Waals surface area contributed by atoms with E-state index in [2.05, 4.69) is 43.7 Å². The molecule has 1 saturated heterocycles. The molecule has 0 radical (unpaired) electrons. The van der Waals surface area contributed by atoms with Crippen molar-refractivity contribution in [3.63, 3.8) is 0 Å². The fourth-order valence-electron chi connectivity index (χ4n) is 6.13. The van der Waals surface area contributed by atoms with Crippen molar-refractivity contribution < 1.29 is 16.5 Å². The third-order valence-electron chi connectivity index (χ3n) is 8.17. The van der Waals surface area contributed by atoms with Gasteiger partial charge in [0.15, 0.2) is 11.2 Å². The molecular weight excluding hydrogens is 557 g/mol. The van der Waals surface area contributed by atoms with E-state index >= 15 is 0 Å². The Morgan fingerprint density at radius 1 is 1.14 bits per heavy atom. The third-order valence-corrected chi connectivity index (χ3v) is 8.57. The first-order valence-corrected chi connectivity index (χ1v) is 15.3. The molecule has 5 aromatic rings. The fourth-order valence-corrected chi connectivity index (χ4v) is 6.46. The van der Waals surface area contributed by atoms with Gasteiger partial charge in [-0.05, 0) is 87.3 Å². The van der Waals surface area contributed by atoms with Crippen molar-refractivity contribution in [2.24, 2.45) is 0 Å². The lowest BCUT2D eigenvalue weighted by Gasteiger charge is -2.32. The number of nitriles is 1. The average molecular weight is 588 g/mol. The molecule has 0 aliphatic carbocycles. The zero-order valence-electron chi connectivity index (χ0n) is 23.4. The third kappa shape index (κ3) is 5.12. The molecule has 11 heteroatoms. The Kier molecular flexibility index (Phi) is 7.20. The van der Waals surface area contributed by atoms with Gasteiger partial charge < -0.3 is 18.6 Å². The maximum Gasteiger partial charge on any atom is 0.488 e. The van der Waals surface area contributed by atoms with Crippen molar-refractivity contribution in [3.8, 4) is 22.9 Å². The number of rotatable bonds is 7. The van der Waals surface area contributed by atoms with Crippen LogP contribution in [0, 0.1) is 11.3 Å². The summed E-state index contributed by atoms with van der Waals surface area (Å²) >= 11 is 0. The van der Waals surface area contributed by atoms with E-state index in [1.165, 1.54) is 6.07 Å². The standard InChI is InChI=1S/C31H30FN5O4S/c1-3-4-5-20-14-26-28(15-25(20)21-13-23(18-34-17-21)41-42(32,39)40)37(22-8-10-36(2)11-9-22)31-29(30(26)38)24-7-6-19(16-33)12-27(24)35-31/h6-7,12-15,17-18,22,35H,3-5,8-11H2,1-2H3. The van der Waals surface area contributed by atoms with Crippen molar-refractivity contribution >= 4 is 43.3 Å². The number of hydrogen-bond donors (Lipinski definition) is 1. The number of likely N-dealkylation sites (tertiary alicyclic amines) is 1. The van der Waals surface area contributed by atoms with E-state index < -0.39 is 10.5 Å². The largest absolute Gasteiger partial charge is 0.488 e. The lowest BCUT2D eigenvalue weighted by molar-refractivity contribution is 0.226. The van der Waals surface area contributed by atoms with Gasteiger partial charge in [0.25, 0.3) is 0 Å². The molecule has 4 heterocycles. The van der Waals surface area contributed by atoms with Crippen molar-refractivity contribution in [2.75, 3.05) is 20.1 Å². The Hall–Kier alpha value is -4.27. The number of nitrogens with zero attached hydrogens (tertiary/aromatic N) is 4. The average Bonchev–Trinajstić information content (AvgIpc) is 3.34. The lowest BCUT2D eigenvalue weighted by Crippen LogP contribution is -2.32. The molecule has 9 nitrogen and oxygen atoms in total. The molecule has 3 aromatic heterocycles. The van der Waals surface area contributed by atoms with E-state index in [1.54, 1.807) is 18.3 Å². The van der Waals surface area contributed by atoms with Crippen LogP contribution in [-0.4, -0.2) is 48.0 Å². The SMILES string of the molecule is CCCCc1cc2c(=O)c3c4ccc(C#N)cc4[nH]c3n(C3CCN(C)CC3)c2cc1-c1cncc(OS(=O)(=O)F)c1. The van der Waals surface area contributed by atoms with Gasteiger partial charge in [-0.3, -0.25) is 9.78 Å². The Morgan fingerprint density at radius 3 is 2.64 bits per heavy atom. The van der Waals surface area contributed by atoms with Crippen LogP contribution in [0.5, 0.6) is 5.75 Å². The predicted octanol–water partition coefficient (Wildman–Crippen LogP) is 5.77. The minimum atomic E-state index is -5.22. The number of aromatic amines is 1. The van der Waals surface area contributed by atoms with Gasteiger partial charge in [-0.2, -0.15) is 13.7 Å². The Bertz CT molecular complexity index is 2050. The number of halogens is 1. The molecule has 0 unspecified atom stereocenters. The quantitative estimate of drug-likeness (QED) is 0.240. The molecule has 0 atom stereocenters. The first kappa shape index (κ1) is 27.9. The molecule has 0 amide bonds. The number of benzene rings is 2. The summed E-state index contributed by atoms with van der Waals surface area (Å²) < 4.78 is 42.4. The summed E-state index contributed by atoms with van der Waals surface area (Å²) in [5, 5.41) is 11.4. The Labute approximate surface area is 242 Å². The number of pyridine rings is 2. The van der Waals surface area contributed by atoms with E-state index in [0.29, 0.717) is 34.0 Å². The van der Waals surface area contributed by atoms with Gasteiger partial charge in [0.05, 0.1) is 28.7 Å². The predicted molar refractivity (Wildman–Crippen MR) is 161 cm³/mol. The number of nitrogens with one attached hydrogen (secondary N) is 1. The second-order valence-corrected chi connectivity index (χ2v) is 11.9. The number of piperidine rings is 1. The van der Waals surface area contributed by atoms with E-state index in [1.807, 2.05) is 18.2 Å². The molecule has 0 spiro atoms. The van der Waals surface area contributed by atoms with Crippen molar-refractivity contribution in [1.82, 2.24) is 19.4 Å². The smallest absolute Gasteiger partial charge is 0.357 e. The van der Waals surface area contributed by atoms with Crippen LogP contribution in [0.3, 0.4) is 0 Å². The Balaban J connectivity index is 1.68. The summed E-state index contributed by atoms with van der Waals surface area (Å²) in [5.74, 6) is -0.233. The van der Waals surface area contributed by atoms with Crippen LogP contribution >= 0.6 is 0 Å². The van der Waals surface area contributed by atoms with Crippen LogP contribution in [0.15, 0.2) is 53.6 Å². The zero-order chi connectivity index (χ0) is 29.6. The van der Waals surface area contributed by atoms with Gasteiger partial charge in [-0.15, -0.1) is 0 Å². The highest BCUT2D eigenvalue weighted by Crippen LogP contribution is 2.37. The molecule has 0 saturated carbocycles. The van der Waals surface area contributed by atoms with Gasteiger partial charge in [-0.25, -0.2) is 0 Å². The summed E-state index contributed by atoms with van der Waals surface area (Å²) in [5.41, 5.74) is 4.83. The number of H-pyrrole nitrogens is 1. The van der Waals surface area contributed by atoms with Crippen LogP contribution in [0.25, 0.3) is 44.0 Å². The number of aryl methyl sites for hydroxylation is 1. The van der Waals surface area contributed by atoms with Crippen LogP contribution in [0.1, 0.15) is 49.8 Å². The van der Waals surface area contributed by atoms with Crippen molar-refractivity contribution in [1.29, 1.82) is 5.26 Å². The van der Waals surface area contributed by atoms with E-state index in [9.17, 15) is 22.4 Å². The highest BCUT2D eigenvalue weighted by molar-refractivity contribution is 7.81. The molecule has 1 aliphatic heterocycles. The molecule has 1 N–H and O–H groups in total. The summed E-state index contributed by atoms with van der Waals surface area (Å²) in [7, 11) is -3.13. The number of hydrogen-bond acceptors (Lipinski definition) is 7. The highest BCUT2D eigenvalue weighted by Gasteiger charge is 2.25. The summed E-state index contributed by atoms with van der Waals surface area (Å²) in [6.07, 6.45) is 6.98. The maximum atomic E-state index is 14.2. The topological polar surface area (TPSA) is 121 Å². The van der Waals surface area contributed by atoms with E-state index in [0.717, 1.165) is 72.5 Å². The number of unbranched alkanes of at least 4 members (excludes halogenated alkanes) is 1. The van der Waals surface area contributed by atoms with Gasteiger partial charge in [0.1, 0.15) is 5.65 Å². The molecular formula is C31H30FN5O4S. The van der Waals surface area contributed by atoms with Crippen molar-refractivity contribution in [3.05, 3.63) is 70.1 Å². The lowest BCUT2D eigenvalue weighted by atomic mass is 9.93. The zero-order valence-corrected chi connectivity index (χ0v) is 24.2. The molecule has 0 bridgehead atoms. The van der Waals surface area contributed by atoms with Gasteiger partial charge >= 0.3 is 10.5 Å². The van der Waals surface area contributed by atoms with Crippen LogP contribution in [0.2, 0.25) is 0 Å². The normalized spacial score (nSPS) is 15.0. The van der Waals surface area contributed by atoms with Gasteiger partial charge in [-0.1, -0.05) is 23.3 Å². The second-order valence-electron chi connectivity index (χ2n) is 11.0. The molecule has 216 valence electrons. The summed E-state index contributed by atoms with van der Waals surface area (Å²) in [6.45, 7) is 3.89. The number of fused-ring (bicyclic) bond motifs is 4. The molecule has 6 rings (SSSR count). The van der Waals surface area contributed by atoms with E-state index in [-0.39, 0.29) is 17.2 Å². The second kappa shape index (κ2) is 10.9. The van der Waals surface area contributed by atoms with Crippen LogP contribution in [0.4, 0.5) is 3.89 Å². The van der Waals surface area contributed by atoms with Gasteiger partial charge in [0.2, 0.25) is 0 Å². The minimum Gasteiger partial charge on any atom is -0.357 e.